The molecule has 0 radical (unpaired) electrons. The Morgan fingerprint density at radius 3 is 2.52 bits per heavy atom. The summed E-state index contributed by atoms with van der Waals surface area (Å²) in [5.74, 6) is -0.0889. The monoisotopic (exact) mass is 453 g/mol. The number of carbonyl (C=O) groups excluding carboxylic acids is 1. The van der Waals surface area contributed by atoms with E-state index in [4.69, 9.17) is 4.74 Å². The third-order valence-electron chi connectivity index (χ3n) is 2.91. The Labute approximate surface area is 144 Å². The van der Waals surface area contributed by atoms with Gasteiger partial charge in [0.25, 0.3) is 0 Å². The van der Waals surface area contributed by atoms with E-state index in [1.807, 2.05) is 48.5 Å². The maximum atomic E-state index is 11.9. The molecule has 3 rings (SSSR count). The number of esters is 1. The van der Waals surface area contributed by atoms with Crippen molar-refractivity contribution in [1.82, 2.24) is 0 Å². The minimum absolute atomic E-state index is 0.301. The number of carbonyl (C=O) groups is 1. The van der Waals surface area contributed by atoms with E-state index in [1.165, 1.54) is 0 Å². The van der Waals surface area contributed by atoms with Crippen LogP contribution in [-0.2, 0) is 9.53 Å². The van der Waals surface area contributed by atoms with Crippen molar-refractivity contribution in [2.24, 2.45) is 4.99 Å². The van der Waals surface area contributed by atoms with Gasteiger partial charge in [-0.3, -0.25) is 0 Å². The van der Waals surface area contributed by atoms with E-state index in [2.05, 4.69) is 43.5 Å². The molecule has 1 aliphatic heterocycles. The van der Waals surface area contributed by atoms with Gasteiger partial charge in [-0.15, -0.1) is 0 Å². The number of cyclic esters (lactones) is 1. The van der Waals surface area contributed by atoms with Crippen LogP contribution >= 0.6 is 38.5 Å². The predicted molar refractivity (Wildman–Crippen MR) is 93.9 cm³/mol. The third kappa shape index (κ3) is 3.24. The first-order chi connectivity index (χ1) is 10.1. The molecule has 21 heavy (non-hydrogen) atoms. The van der Waals surface area contributed by atoms with Gasteiger partial charge in [0, 0.05) is 13.6 Å². The van der Waals surface area contributed by atoms with Crippen molar-refractivity contribution in [3.63, 3.8) is 0 Å². The number of aliphatic imine (C=N–C) groups is 1. The van der Waals surface area contributed by atoms with Gasteiger partial charge in [-0.1, -0.05) is 34.1 Å². The average molecular weight is 454 g/mol. The van der Waals surface area contributed by atoms with Crippen LogP contribution in [0.3, 0.4) is 0 Å². The molecule has 0 saturated carbocycles. The number of hydrogen-bond acceptors (Lipinski definition) is 3. The second kappa shape index (κ2) is 6.11. The van der Waals surface area contributed by atoms with Crippen molar-refractivity contribution in [2.45, 2.75) is 0 Å². The van der Waals surface area contributed by atoms with Crippen molar-refractivity contribution in [3.8, 4) is 0 Å². The molecule has 0 saturated heterocycles. The number of ether oxygens (including phenoxy) is 1. The molecule has 0 N–H and O–H groups in total. The molecule has 0 atom stereocenters. The van der Waals surface area contributed by atoms with Gasteiger partial charge in [-0.25, -0.2) is 9.79 Å². The zero-order valence-corrected chi connectivity index (χ0v) is 14.5. The fourth-order valence-electron chi connectivity index (χ4n) is 1.86. The Morgan fingerprint density at radius 1 is 1.10 bits per heavy atom. The van der Waals surface area contributed by atoms with Gasteiger partial charge in [0.1, 0.15) is 0 Å². The van der Waals surface area contributed by atoms with E-state index >= 15 is 0 Å². The number of rotatable bonds is 2. The zero-order chi connectivity index (χ0) is 14.8. The maximum absolute atomic E-state index is 11.9. The third-order valence-corrected chi connectivity index (χ3v) is 4.35. The lowest BCUT2D eigenvalue weighted by molar-refractivity contribution is -0.129. The normalized spacial score (nSPS) is 16.0. The van der Waals surface area contributed by atoms with Gasteiger partial charge in [0.2, 0.25) is 5.90 Å². The topological polar surface area (TPSA) is 38.7 Å². The summed E-state index contributed by atoms with van der Waals surface area (Å²) in [4.78, 5) is 16.2. The lowest BCUT2D eigenvalue weighted by Gasteiger charge is -1.98. The largest absolute Gasteiger partial charge is 0.402 e. The number of halogens is 2. The molecular weight excluding hydrogens is 445 g/mol. The standard InChI is InChI=1S/C16H9BrINO2/c17-13-4-2-1-3-11(13)9-14-16(20)21-15(19-14)10-5-7-12(18)8-6-10/h1-9H. The second-order valence-electron chi connectivity index (χ2n) is 4.36. The predicted octanol–water partition coefficient (Wildman–Crippen LogP) is 4.40. The molecule has 1 aliphatic rings. The van der Waals surface area contributed by atoms with E-state index in [0.717, 1.165) is 19.2 Å². The van der Waals surface area contributed by atoms with Crippen molar-refractivity contribution in [1.29, 1.82) is 0 Å². The van der Waals surface area contributed by atoms with Crippen molar-refractivity contribution in [2.75, 3.05) is 0 Å². The lowest BCUT2D eigenvalue weighted by atomic mass is 10.2. The fourth-order valence-corrected chi connectivity index (χ4v) is 2.62. The van der Waals surface area contributed by atoms with Gasteiger partial charge in [-0.05, 0) is 64.6 Å². The highest BCUT2D eigenvalue weighted by molar-refractivity contribution is 14.1. The smallest absolute Gasteiger partial charge is 0.363 e. The quantitative estimate of drug-likeness (QED) is 0.384. The molecule has 5 heteroatoms. The molecule has 2 aromatic carbocycles. The van der Waals surface area contributed by atoms with Crippen LogP contribution in [0.4, 0.5) is 0 Å². The molecule has 0 fully saturated rings. The molecule has 0 aliphatic carbocycles. The Kier molecular flexibility index (Phi) is 4.21. The van der Waals surface area contributed by atoms with Gasteiger partial charge in [-0.2, -0.15) is 0 Å². The number of nitrogens with zero attached hydrogens (tertiary/aromatic N) is 1. The van der Waals surface area contributed by atoms with Crippen LogP contribution in [0, 0.1) is 3.57 Å². The fraction of sp³-hybridized carbons (Fsp3) is 0. The van der Waals surface area contributed by atoms with Crippen LogP contribution in [0.2, 0.25) is 0 Å². The Bertz CT molecular complexity index is 766. The molecular formula is C16H9BrINO2. The van der Waals surface area contributed by atoms with Gasteiger partial charge in [0.05, 0.1) is 0 Å². The van der Waals surface area contributed by atoms with E-state index in [-0.39, 0.29) is 0 Å². The molecule has 0 amide bonds. The highest BCUT2D eigenvalue weighted by Crippen LogP contribution is 2.23. The Balaban J connectivity index is 1.96. The van der Waals surface area contributed by atoms with Crippen LogP contribution in [0.15, 0.2) is 63.7 Å². The molecule has 3 nitrogen and oxygen atoms in total. The lowest BCUT2D eigenvalue weighted by Crippen LogP contribution is -2.05. The summed E-state index contributed by atoms with van der Waals surface area (Å²) >= 11 is 5.67. The van der Waals surface area contributed by atoms with Crippen LogP contribution < -0.4 is 0 Å². The van der Waals surface area contributed by atoms with Crippen LogP contribution in [-0.4, -0.2) is 11.9 Å². The molecule has 1 heterocycles. The summed E-state index contributed by atoms with van der Waals surface area (Å²) in [6, 6.07) is 15.3. The van der Waals surface area contributed by atoms with Gasteiger partial charge in [0.15, 0.2) is 5.70 Å². The summed E-state index contributed by atoms with van der Waals surface area (Å²) in [7, 11) is 0. The van der Waals surface area contributed by atoms with Crippen molar-refractivity contribution < 1.29 is 9.53 Å². The van der Waals surface area contributed by atoms with Crippen LogP contribution in [0.25, 0.3) is 6.08 Å². The van der Waals surface area contributed by atoms with E-state index < -0.39 is 5.97 Å². The maximum Gasteiger partial charge on any atom is 0.363 e. The summed E-state index contributed by atoms with van der Waals surface area (Å²) < 4.78 is 7.26. The van der Waals surface area contributed by atoms with E-state index in [1.54, 1.807) is 6.08 Å². The van der Waals surface area contributed by atoms with E-state index in [9.17, 15) is 4.79 Å². The number of benzene rings is 2. The molecule has 0 unspecified atom stereocenters. The van der Waals surface area contributed by atoms with Crippen LogP contribution in [0.5, 0.6) is 0 Å². The van der Waals surface area contributed by atoms with Gasteiger partial charge >= 0.3 is 5.97 Å². The SMILES string of the molecule is O=C1OC(c2ccc(I)cc2)=NC1=Cc1ccccc1Br. The Morgan fingerprint density at radius 2 is 1.81 bits per heavy atom. The highest BCUT2D eigenvalue weighted by Gasteiger charge is 2.24. The van der Waals surface area contributed by atoms with E-state index in [0.29, 0.717) is 11.6 Å². The zero-order valence-electron chi connectivity index (χ0n) is 10.7. The number of hydrogen-bond donors (Lipinski definition) is 0. The molecule has 0 bridgehead atoms. The molecule has 2 aromatic rings. The minimum Gasteiger partial charge on any atom is -0.402 e. The second-order valence-corrected chi connectivity index (χ2v) is 6.46. The highest BCUT2D eigenvalue weighted by atomic mass is 127. The molecule has 104 valence electrons. The first kappa shape index (κ1) is 14.5. The minimum atomic E-state index is -0.431. The molecule has 0 spiro atoms. The van der Waals surface area contributed by atoms with Crippen molar-refractivity contribution >= 4 is 56.5 Å². The summed E-state index contributed by atoms with van der Waals surface area (Å²) in [5.41, 5.74) is 1.98. The van der Waals surface area contributed by atoms with Crippen molar-refractivity contribution in [3.05, 3.63) is 73.4 Å². The summed E-state index contributed by atoms with van der Waals surface area (Å²) in [6.07, 6.45) is 1.71. The summed E-state index contributed by atoms with van der Waals surface area (Å²) in [6.45, 7) is 0. The Hall–Kier alpha value is -1.47. The molecule has 0 aromatic heterocycles. The average Bonchev–Trinajstić information content (AvgIpc) is 2.83. The summed E-state index contributed by atoms with van der Waals surface area (Å²) in [5, 5.41) is 0. The first-order valence-electron chi connectivity index (χ1n) is 6.16. The first-order valence-corrected chi connectivity index (χ1v) is 8.04. The van der Waals surface area contributed by atoms with Crippen LogP contribution in [0.1, 0.15) is 11.1 Å². The van der Waals surface area contributed by atoms with Gasteiger partial charge < -0.3 is 4.74 Å².